The first-order valence-corrected chi connectivity index (χ1v) is 9.70. The lowest BCUT2D eigenvalue weighted by Crippen LogP contribution is -2.42. The normalized spacial score (nSPS) is 20.7. The van der Waals surface area contributed by atoms with Crippen LogP contribution < -0.4 is 14.2 Å². The number of fused-ring (bicyclic) bond motifs is 7. The highest BCUT2D eigenvalue weighted by Crippen LogP contribution is 2.44. The number of hydrogen-bond donors (Lipinski definition) is 1. The lowest BCUT2D eigenvalue weighted by molar-refractivity contribution is -0.129. The Bertz CT molecular complexity index is 1160. The average Bonchev–Trinajstić information content (AvgIpc) is 3.04. The molecule has 2 aliphatic rings. The molecular formula is C23H23NO5. The van der Waals surface area contributed by atoms with Crippen LogP contribution in [0.1, 0.15) is 17.5 Å². The van der Waals surface area contributed by atoms with Crippen LogP contribution in [0.2, 0.25) is 0 Å². The summed E-state index contributed by atoms with van der Waals surface area (Å²) in [6, 6.07) is 9.85. The number of carbonyl (C=O) groups is 1. The van der Waals surface area contributed by atoms with Gasteiger partial charge in [-0.15, -0.1) is 0 Å². The zero-order valence-electron chi connectivity index (χ0n) is 16.7. The van der Waals surface area contributed by atoms with Gasteiger partial charge in [-0.25, -0.2) is 0 Å². The number of amides is 1. The lowest BCUT2D eigenvalue weighted by Gasteiger charge is -2.34. The average molecular weight is 393 g/mol. The number of methoxy groups -OCH3 is 3. The molecule has 1 amide bonds. The molecule has 1 fully saturated rings. The summed E-state index contributed by atoms with van der Waals surface area (Å²) in [6.45, 7) is 0.503. The smallest absolute Gasteiger partial charge is 0.225 e. The highest BCUT2D eigenvalue weighted by molar-refractivity contribution is 6.12. The Kier molecular flexibility index (Phi) is 4.06. The van der Waals surface area contributed by atoms with Crippen LogP contribution in [0.4, 0.5) is 0 Å². The number of carbonyl (C=O) groups excluding carboxylic acids is 1. The van der Waals surface area contributed by atoms with E-state index < -0.39 is 6.10 Å². The molecule has 2 unspecified atom stereocenters. The second kappa shape index (κ2) is 6.52. The summed E-state index contributed by atoms with van der Waals surface area (Å²) in [4.78, 5) is 14.2. The van der Waals surface area contributed by atoms with Gasteiger partial charge in [-0.1, -0.05) is 6.07 Å². The van der Waals surface area contributed by atoms with Gasteiger partial charge in [0.05, 0.1) is 39.9 Å². The van der Waals surface area contributed by atoms with Crippen molar-refractivity contribution in [2.75, 3.05) is 21.3 Å². The van der Waals surface area contributed by atoms with Crippen LogP contribution in [0.5, 0.6) is 17.2 Å². The van der Waals surface area contributed by atoms with Crippen LogP contribution >= 0.6 is 0 Å². The van der Waals surface area contributed by atoms with E-state index in [1.165, 1.54) is 0 Å². The summed E-state index contributed by atoms with van der Waals surface area (Å²) >= 11 is 0. The van der Waals surface area contributed by atoms with Gasteiger partial charge in [0.25, 0.3) is 0 Å². The van der Waals surface area contributed by atoms with Gasteiger partial charge in [0.2, 0.25) is 5.91 Å². The molecule has 0 aliphatic carbocycles. The van der Waals surface area contributed by atoms with Crippen LogP contribution in [-0.4, -0.2) is 49.4 Å². The van der Waals surface area contributed by atoms with Crippen LogP contribution in [0.15, 0.2) is 30.3 Å². The topological polar surface area (TPSA) is 68.2 Å². The molecule has 3 aromatic rings. The molecule has 29 heavy (non-hydrogen) atoms. The summed E-state index contributed by atoms with van der Waals surface area (Å²) in [5, 5.41) is 14.7. The molecule has 0 radical (unpaired) electrons. The minimum Gasteiger partial charge on any atom is -0.497 e. The number of benzene rings is 3. The zero-order valence-corrected chi connectivity index (χ0v) is 16.7. The van der Waals surface area contributed by atoms with Crippen LogP contribution in [-0.2, 0) is 17.8 Å². The van der Waals surface area contributed by atoms with Crippen molar-refractivity contribution in [1.82, 2.24) is 4.90 Å². The second-order valence-electron chi connectivity index (χ2n) is 7.69. The van der Waals surface area contributed by atoms with E-state index in [0.29, 0.717) is 24.5 Å². The molecule has 0 saturated carbocycles. The van der Waals surface area contributed by atoms with Crippen LogP contribution in [0.25, 0.3) is 21.5 Å². The molecule has 0 spiro atoms. The number of ether oxygens (including phenoxy) is 3. The van der Waals surface area contributed by atoms with E-state index >= 15 is 0 Å². The molecular weight excluding hydrogens is 370 g/mol. The number of aliphatic hydroxyl groups is 1. The molecule has 0 bridgehead atoms. The third-order valence-electron chi connectivity index (χ3n) is 6.35. The molecule has 5 rings (SSSR count). The second-order valence-corrected chi connectivity index (χ2v) is 7.69. The summed E-state index contributed by atoms with van der Waals surface area (Å²) < 4.78 is 16.6. The van der Waals surface area contributed by atoms with Crippen molar-refractivity contribution in [3.63, 3.8) is 0 Å². The van der Waals surface area contributed by atoms with Crippen LogP contribution in [0.3, 0.4) is 0 Å². The predicted molar refractivity (Wildman–Crippen MR) is 110 cm³/mol. The molecule has 1 N–H and O–H groups in total. The minimum absolute atomic E-state index is 0.0159. The van der Waals surface area contributed by atoms with Crippen molar-refractivity contribution in [1.29, 1.82) is 0 Å². The third kappa shape index (κ3) is 2.55. The number of rotatable bonds is 3. The number of hydrogen-bond acceptors (Lipinski definition) is 5. The standard InChI is InChI=1S/C23H23NO5/c1-27-12-4-5-13-14(6-12)16-8-21(28-2)22(29-3)9-17(16)15-7-19-20(25)10-23(26)24(19)11-18(13)15/h4-6,8-9,19-20,25H,7,10-11H2,1-3H3. The predicted octanol–water partition coefficient (Wildman–Crippen LogP) is 3.04. The first kappa shape index (κ1) is 18.1. The molecule has 2 atom stereocenters. The molecule has 150 valence electrons. The Labute approximate surface area is 168 Å². The van der Waals surface area contributed by atoms with Crippen molar-refractivity contribution >= 4 is 27.5 Å². The fourth-order valence-corrected chi connectivity index (χ4v) is 4.88. The van der Waals surface area contributed by atoms with Crippen molar-refractivity contribution in [3.8, 4) is 17.2 Å². The van der Waals surface area contributed by atoms with Gasteiger partial charge in [-0.05, 0) is 63.4 Å². The molecule has 3 aromatic carbocycles. The lowest BCUT2D eigenvalue weighted by atomic mass is 9.84. The molecule has 0 aromatic heterocycles. The fourth-order valence-electron chi connectivity index (χ4n) is 4.88. The first-order valence-electron chi connectivity index (χ1n) is 9.70. The van der Waals surface area contributed by atoms with E-state index in [9.17, 15) is 9.90 Å². The summed E-state index contributed by atoms with van der Waals surface area (Å²) in [5.41, 5.74) is 2.29. The van der Waals surface area contributed by atoms with E-state index in [0.717, 1.165) is 38.4 Å². The minimum atomic E-state index is -0.627. The zero-order chi connectivity index (χ0) is 20.3. The molecule has 2 aliphatic heterocycles. The van der Waals surface area contributed by atoms with Gasteiger partial charge in [0.15, 0.2) is 11.5 Å². The van der Waals surface area contributed by atoms with E-state index in [4.69, 9.17) is 14.2 Å². The maximum atomic E-state index is 12.4. The van der Waals surface area contributed by atoms with Crippen molar-refractivity contribution in [2.45, 2.75) is 31.5 Å². The SMILES string of the molecule is COc1ccc2c3c(c4cc(OC)c(OC)cc4c2c1)CC1C(O)CC(=O)N1C3. The van der Waals surface area contributed by atoms with Gasteiger partial charge in [-0.2, -0.15) is 0 Å². The highest BCUT2D eigenvalue weighted by Gasteiger charge is 2.42. The van der Waals surface area contributed by atoms with Crippen molar-refractivity contribution in [2.24, 2.45) is 0 Å². The Morgan fingerprint density at radius 1 is 0.862 bits per heavy atom. The van der Waals surface area contributed by atoms with E-state index in [1.54, 1.807) is 21.3 Å². The fraction of sp³-hybridized carbons (Fsp3) is 0.348. The van der Waals surface area contributed by atoms with Crippen LogP contribution in [0, 0.1) is 0 Å². The Morgan fingerprint density at radius 2 is 1.55 bits per heavy atom. The highest BCUT2D eigenvalue weighted by atomic mass is 16.5. The Hall–Kier alpha value is -2.99. The third-order valence-corrected chi connectivity index (χ3v) is 6.35. The Morgan fingerprint density at radius 3 is 2.24 bits per heavy atom. The quantitative estimate of drug-likeness (QED) is 0.693. The monoisotopic (exact) mass is 393 g/mol. The number of nitrogens with zero attached hydrogens (tertiary/aromatic N) is 1. The maximum Gasteiger partial charge on any atom is 0.225 e. The Balaban J connectivity index is 1.87. The summed E-state index contributed by atoms with van der Waals surface area (Å²) in [6.07, 6.45) is 0.188. The molecule has 6 nitrogen and oxygen atoms in total. The van der Waals surface area contributed by atoms with Gasteiger partial charge < -0.3 is 24.2 Å². The van der Waals surface area contributed by atoms with Gasteiger partial charge in [0.1, 0.15) is 5.75 Å². The summed E-state index contributed by atoms with van der Waals surface area (Å²) in [5.74, 6) is 2.12. The van der Waals surface area contributed by atoms with E-state index in [2.05, 4.69) is 6.07 Å². The largest absolute Gasteiger partial charge is 0.497 e. The van der Waals surface area contributed by atoms with Gasteiger partial charge >= 0.3 is 0 Å². The summed E-state index contributed by atoms with van der Waals surface area (Å²) in [7, 11) is 4.91. The van der Waals surface area contributed by atoms with Crippen molar-refractivity contribution < 1.29 is 24.1 Å². The van der Waals surface area contributed by atoms with Gasteiger partial charge in [-0.3, -0.25) is 4.79 Å². The molecule has 1 saturated heterocycles. The molecule has 2 heterocycles. The van der Waals surface area contributed by atoms with E-state index in [1.807, 2.05) is 29.2 Å². The van der Waals surface area contributed by atoms with E-state index in [-0.39, 0.29) is 18.4 Å². The maximum absolute atomic E-state index is 12.4. The number of aliphatic hydroxyl groups excluding tert-OH is 1. The van der Waals surface area contributed by atoms with Crippen molar-refractivity contribution in [3.05, 3.63) is 41.5 Å². The molecule has 6 heteroatoms. The first-order chi connectivity index (χ1) is 14.0. The van der Waals surface area contributed by atoms with Gasteiger partial charge in [0, 0.05) is 6.54 Å².